The van der Waals surface area contributed by atoms with Crippen molar-refractivity contribution in [1.82, 2.24) is 4.57 Å². The van der Waals surface area contributed by atoms with Gasteiger partial charge >= 0.3 is 0 Å². The van der Waals surface area contributed by atoms with Crippen molar-refractivity contribution in [3.05, 3.63) is 31.6 Å². The van der Waals surface area contributed by atoms with Crippen LogP contribution in [0.1, 0.15) is 6.92 Å². The first-order valence-corrected chi connectivity index (χ1v) is 5.85. The number of primary amides is 1. The van der Waals surface area contributed by atoms with Crippen LogP contribution in [0.2, 0.25) is 0 Å². The molecule has 0 radical (unpaired) electrons. The van der Waals surface area contributed by atoms with Crippen LogP contribution in [0.15, 0.2) is 26.0 Å². The Hall–Kier alpha value is -0.620. The predicted molar refractivity (Wildman–Crippen MR) is 64.5 cm³/mol. The Morgan fingerprint density at radius 1 is 1.60 bits per heavy atom. The summed E-state index contributed by atoms with van der Waals surface area (Å²) < 4.78 is 2.67. The molecule has 0 spiro atoms. The lowest BCUT2D eigenvalue weighted by atomic mass is 10.2. The van der Waals surface area contributed by atoms with Crippen LogP contribution in [-0.2, 0) is 11.3 Å². The number of rotatable bonds is 3. The minimum Gasteiger partial charge on any atom is -0.369 e. The van der Waals surface area contributed by atoms with E-state index in [1.54, 1.807) is 19.2 Å². The third-order valence-electron chi connectivity index (χ3n) is 1.97. The minimum atomic E-state index is -0.419. The maximum absolute atomic E-state index is 11.6. The molecule has 0 aliphatic rings. The Kier molecular flexibility index (Phi) is 4.10. The number of halogens is 2. The average Bonchev–Trinajstić information content (AvgIpc) is 2.13. The Labute approximate surface area is 104 Å². The lowest BCUT2D eigenvalue weighted by molar-refractivity contribution is -0.121. The van der Waals surface area contributed by atoms with Crippen molar-refractivity contribution in [3.8, 4) is 0 Å². The highest BCUT2D eigenvalue weighted by Crippen LogP contribution is 2.13. The van der Waals surface area contributed by atoms with Crippen molar-refractivity contribution >= 4 is 37.8 Å². The summed E-state index contributed by atoms with van der Waals surface area (Å²) in [6.07, 6.45) is 1.63. The van der Waals surface area contributed by atoms with E-state index in [9.17, 15) is 9.59 Å². The van der Waals surface area contributed by atoms with Gasteiger partial charge in [0.1, 0.15) is 0 Å². The van der Waals surface area contributed by atoms with Gasteiger partial charge in [-0.25, -0.2) is 0 Å². The molecule has 1 unspecified atom stereocenters. The number of nitrogens with zero attached hydrogens (tertiary/aromatic N) is 1. The first kappa shape index (κ1) is 12.4. The van der Waals surface area contributed by atoms with Gasteiger partial charge in [0, 0.05) is 17.2 Å². The lowest BCUT2D eigenvalue weighted by Gasteiger charge is -2.10. The Bertz CT molecular complexity index is 442. The molecule has 1 heterocycles. The van der Waals surface area contributed by atoms with Crippen molar-refractivity contribution < 1.29 is 4.79 Å². The fourth-order valence-electron chi connectivity index (χ4n) is 1.09. The Balaban J connectivity index is 3.05. The highest BCUT2D eigenvalue weighted by atomic mass is 79.9. The molecule has 1 atom stereocenters. The van der Waals surface area contributed by atoms with Crippen LogP contribution in [0.25, 0.3) is 0 Å². The van der Waals surface area contributed by atoms with Gasteiger partial charge in [0.25, 0.3) is 5.56 Å². The molecule has 0 aliphatic heterocycles. The summed E-state index contributed by atoms with van der Waals surface area (Å²) in [5.74, 6) is -0.790. The van der Waals surface area contributed by atoms with Gasteiger partial charge in [-0.3, -0.25) is 9.59 Å². The summed E-state index contributed by atoms with van der Waals surface area (Å²) in [6, 6.07) is 1.66. The zero-order chi connectivity index (χ0) is 11.6. The number of hydrogen-bond donors (Lipinski definition) is 1. The third kappa shape index (κ3) is 3.17. The normalized spacial score (nSPS) is 12.5. The zero-order valence-electron chi connectivity index (χ0n) is 8.04. The fourth-order valence-corrected chi connectivity index (χ4v) is 2.34. The number of carbonyl (C=O) groups excluding carboxylic acids is 1. The quantitative estimate of drug-likeness (QED) is 0.908. The van der Waals surface area contributed by atoms with Crippen molar-refractivity contribution in [3.63, 3.8) is 0 Å². The Morgan fingerprint density at radius 3 is 2.73 bits per heavy atom. The molecule has 2 N–H and O–H groups in total. The zero-order valence-corrected chi connectivity index (χ0v) is 11.2. The number of pyridine rings is 1. The molecule has 1 aromatic rings. The van der Waals surface area contributed by atoms with Gasteiger partial charge in [0.05, 0.1) is 10.4 Å². The molecule has 15 heavy (non-hydrogen) atoms. The van der Waals surface area contributed by atoms with E-state index in [-0.39, 0.29) is 18.0 Å². The number of carbonyl (C=O) groups is 1. The fraction of sp³-hybridized carbons (Fsp3) is 0.333. The standard InChI is InChI=1S/C9H10Br2N2O2/c1-5(8(12)14)3-13-4-6(10)2-7(11)9(13)15/h2,4-5H,3H2,1H3,(H2,12,14). The topological polar surface area (TPSA) is 65.1 Å². The van der Waals surface area contributed by atoms with E-state index in [4.69, 9.17) is 5.73 Å². The molecule has 1 amide bonds. The van der Waals surface area contributed by atoms with E-state index >= 15 is 0 Å². The largest absolute Gasteiger partial charge is 0.369 e. The SMILES string of the molecule is CC(Cn1cc(Br)cc(Br)c1=O)C(N)=O. The minimum absolute atomic E-state index is 0.175. The summed E-state index contributed by atoms with van der Waals surface area (Å²) in [5.41, 5.74) is 4.96. The second-order valence-corrected chi connectivity index (χ2v) is 5.04. The molecule has 1 aromatic heterocycles. The van der Waals surface area contributed by atoms with Crippen molar-refractivity contribution in [2.24, 2.45) is 11.7 Å². The molecular formula is C9H10Br2N2O2. The second kappa shape index (κ2) is 4.94. The van der Waals surface area contributed by atoms with E-state index in [0.717, 1.165) is 4.47 Å². The smallest absolute Gasteiger partial charge is 0.264 e. The molecule has 0 saturated carbocycles. The Morgan fingerprint density at radius 2 is 2.20 bits per heavy atom. The molecule has 0 bridgehead atoms. The van der Waals surface area contributed by atoms with Gasteiger partial charge in [-0.2, -0.15) is 0 Å². The van der Waals surface area contributed by atoms with Gasteiger partial charge in [-0.15, -0.1) is 0 Å². The van der Waals surface area contributed by atoms with Gasteiger partial charge < -0.3 is 10.3 Å². The van der Waals surface area contributed by atoms with E-state index in [0.29, 0.717) is 4.47 Å². The molecule has 0 aromatic carbocycles. The monoisotopic (exact) mass is 336 g/mol. The van der Waals surface area contributed by atoms with Crippen LogP contribution < -0.4 is 11.3 Å². The number of aromatic nitrogens is 1. The highest BCUT2D eigenvalue weighted by Gasteiger charge is 2.11. The number of hydrogen-bond acceptors (Lipinski definition) is 2. The molecule has 82 valence electrons. The summed E-state index contributed by atoms with van der Waals surface area (Å²) >= 11 is 6.41. The summed E-state index contributed by atoms with van der Waals surface area (Å²) in [5, 5.41) is 0. The summed E-state index contributed by atoms with van der Waals surface area (Å²) in [6.45, 7) is 1.97. The molecule has 0 saturated heterocycles. The number of nitrogens with two attached hydrogens (primary N) is 1. The molecular weight excluding hydrogens is 328 g/mol. The van der Waals surface area contributed by atoms with Crippen LogP contribution in [0, 0.1) is 5.92 Å². The van der Waals surface area contributed by atoms with Crippen molar-refractivity contribution in [2.45, 2.75) is 13.5 Å². The summed E-state index contributed by atoms with van der Waals surface area (Å²) in [4.78, 5) is 22.5. The maximum atomic E-state index is 11.6. The van der Waals surface area contributed by atoms with E-state index in [1.807, 2.05) is 0 Å². The molecule has 0 aliphatic carbocycles. The van der Waals surface area contributed by atoms with Crippen molar-refractivity contribution in [1.29, 1.82) is 0 Å². The van der Waals surface area contributed by atoms with Crippen LogP contribution in [0.3, 0.4) is 0 Å². The van der Waals surface area contributed by atoms with Crippen LogP contribution in [0.5, 0.6) is 0 Å². The van der Waals surface area contributed by atoms with E-state index in [2.05, 4.69) is 31.9 Å². The summed E-state index contributed by atoms with van der Waals surface area (Å²) in [7, 11) is 0. The first-order valence-electron chi connectivity index (χ1n) is 4.26. The van der Waals surface area contributed by atoms with Gasteiger partial charge in [0.15, 0.2) is 0 Å². The van der Waals surface area contributed by atoms with Crippen LogP contribution in [0.4, 0.5) is 0 Å². The predicted octanol–water partition coefficient (Wildman–Crippen LogP) is 1.49. The second-order valence-electron chi connectivity index (χ2n) is 3.27. The van der Waals surface area contributed by atoms with Gasteiger partial charge in [-0.1, -0.05) is 6.92 Å². The van der Waals surface area contributed by atoms with Gasteiger partial charge in [0.2, 0.25) is 5.91 Å². The van der Waals surface area contributed by atoms with Gasteiger partial charge in [-0.05, 0) is 37.9 Å². The van der Waals surface area contributed by atoms with Crippen LogP contribution in [-0.4, -0.2) is 10.5 Å². The first-order chi connectivity index (χ1) is 6.91. The van der Waals surface area contributed by atoms with Crippen molar-refractivity contribution in [2.75, 3.05) is 0 Å². The number of amides is 1. The average molecular weight is 338 g/mol. The molecule has 0 fully saturated rings. The third-order valence-corrected chi connectivity index (χ3v) is 2.97. The molecule has 4 nitrogen and oxygen atoms in total. The van der Waals surface area contributed by atoms with E-state index in [1.165, 1.54) is 4.57 Å². The molecule has 6 heteroatoms. The lowest BCUT2D eigenvalue weighted by Crippen LogP contribution is -2.30. The highest BCUT2D eigenvalue weighted by molar-refractivity contribution is 9.11. The van der Waals surface area contributed by atoms with E-state index < -0.39 is 5.91 Å². The van der Waals surface area contributed by atoms with Crippen LogP contribution >= 0.6 is 31.9 Å². The maximum Gasteiger partial charge on any atom is 0.264 e. The molecule has 1 rings (SSSR count).